The summed E-state index contributed by atoms with van der Waals surface area (Å²) in [4.78, 5) is 26.5. The summed E-state index contributed by atoms with van der Waals surface area (Å²) >= 11 is 3.33. The molecule has 0 saturated carbocycles. The fraction of sp³-hybridized carbons (Fsp3) is 0.240. The van der Waals surface area contributed by atoms with Gasteiger partial charge in [-0.25, -0.2) is 9.36 Å². The number of para-hydroxylation sites is 1. The van der Waals surface area contributed by atoms with E-state index in [1.807, 2.05) is 6.07 Å². The second kappa shape index (κ2) is 9.25. The van der Waals surface area contributed by atoms with E-state index < -0.39 is 29.7 Å². The van der Waals surface area contributed by atoms with Crippen LogP contribution in [0.3, 0.4) is 0 Å². The average molecular weight is 575 g/mol. The number of carbonyl (C=O) groups is 1. The van der Waals surface area contributed by atoms with Crippen LogP contribution < -0.4 is 16.2 Å². The third-order valence-electron chi connectivity index (χ3n) is 6.55. The van der Waals surface area contributed by atoms with Crippen LogP contribution in [0, 0.1) is 6.92 Å². The Morgan fingerprint density at radius 3 is 2.46 bits per heavy atom. The molecule has 1 aliphatic heterocycles. The van der Waals surface area contributed by atoms with Gasteiger partial charge in [-0.05, 0) is 36.8 Å². The Labute approximate surface area is 217 Å². The van der Waals surface area contributed by atoms with Gasteiger partial charge in [-0.3, -0.25) is 14.3 Å². The van der Waals surface area contributed by atoms with Crippen LogP contribution in [0.4, 0.5) is 24.7 Å². The number of hydrogen-bond acceptors (Lipinski definition) is 4. The van der Waals surface area contributed by atoms with Crippen LogP contribution in [-0.4, -0.2) is 31.2 Å². The Kier molecular flexibility index (Phi) is 6.22. The lowest BCUT2D eigenvalue weighted by molar-refractivity contribution is -0.173. The number of nitrogens with one attached hydrogen (secondary N) is 2. The quantitative estimate of drug-likeness (QED) is 0.344. The van der Waals surface area contributed by atoms with Gasteiger partial charge in [-0.15, -0.1) is 0 Å². The Bertz CT molecular complexity index is 1520. The van der Waals surface area contributed by atoms with Crippen LogP contribution in [-0.2, 0) is 7.05 Å². The molecule has 12 heteroatoms. The second-order valence-electron chi connectivity index (χ2n) is 8.78. The molecule has 0 saturated heterocycles. The van der Waals surface area contributed by atoms with Gasteiger partial charge in [0, 0.05) is 17.9 Å². The van der Waals surface area contributed by atoms with Crippen LogP contribution >= 0.6 is 15.9 Å². The molecule has 2 N–H and O–H groups in total. The number of alkyl halides is 3. The van der Waals surface area contributed by atoms with E-state index >= 15 is 0 Å². The lowest BCUT2D eigenvalue weighted by Crippen LogP contribution is -2.36. The first-order chi connectivity index (χ1) is 17.6. The van der Waals surface area contributed by atoms with Crippen molar-refractivity contribution in [2.24, 2.45) is 7.05 Å². The highest BCUT2D eigenvalue weighted by Crippen LogP contribution is 2.44. The number of fused-ring (bicyclic) bond motifs is 1. The van der Waals surface area contributed by atoms with E-state index in [4.69, 9.17) is 0 Å². The molecule has 5 rings (SSSR count). The van der Waals surface area contributed by atoms with E-state index in [1.54, 1.807) is 67.2 Å². The largest absolute Gasteiger partial charge is 0.410 e. The van der Waals surface area contributed by atoms with Crippen molar-refractivity contribution in [2.75, 3.05) is 10.6 Å². The zero-order chi connectivity index (χ0) is 26.5. The molecule has 0 spiro atoms. The topological polar surface area (TPSA) is 85.9 Å². The maximum Gasteiger partial charge on any atom is 0.410 e. The van der Waals surface area contributed by atoms with E-state index in [9.17, 15) is 22.8 Å². The van der Waals surface area contributed by atoms with Crippen molar-refractivity contribution in [3.05, 3.63) is 92.4 Å². The smallest absolute Gasteiger partial charge is 0.363 e. The van der Waals surface area contributed by atoms with Crippen LogP contribution in [0.15, 0.2) is 70.1 Å². The Morgan fingerprint density at radius 2 is 1.81 bits per heavy atom. The molecule has 2 atom stereocenters. The summed E-state index contributed by atoms with van der Waals surface area (Å²) in [5, 5.41) is 9.56. The standard InChI is InChI=1S/C25H22BrF3N6O2/c1-14-21(24(37)35(33(14)2)17-6-4-3-5-7-17)32-23(36)18-13-30-34-20(25(27,28)29)12-19(31-22(18)34)15-8-10-16(26)11-9-15/h3-11,13,19-20,31H,12H2,1-2H3,(H,32,36)/t19-,20+/m0/s1. The van der Waals surface area contributed by atoms with E-state index in [2.05, 4.69) is 31.7 Å². The van der Waals surface area contributed by atoms with E-state index in [1.165, 1.54) is 4.68 Å². The van der Waals surface area contributed by atoms with Gasteiger partial charge in [0.15, 0.2) is 6.04 Å². The van der Waals surface area contributed by atoms with Gasteiger partial charge < -0.3 is 10.6 Å². The number of carbonyl (C=O) groups excluding carboxylic acids is 1. The lowest BCUT2D eigenvalue weighted by Gasteiger charge is -2.34. The molecule has 1 aliphatic rings. The van der Waals surface area contributed by atoms with Gasteiger partial charge in [-0.2, -0.15) is 18.3 Å². The van der Waals surface area contributed by atoms with Crippen molar-refractivity contribution in [2.45, 2.75) is 31.6 Å². The minimum atomic E-state index is -4.58. The SMILES string of the molecule is Cc1c(NC(=O)c2cnn3c2N[C@H](c2ccc(Br)cc2)C[C@@H]3C(F)(F)F)c(=O)n(-c2ccccc2)n1C. The van der Waals surface area contributed by atoms with Crippen LogP contribution in [0.25, 0.3) is 5.69 Å². The highest BCUT2D eigenvalue weighted by Gasteiger charge is 2.47. The molecule has 37 heavy (non-hydrogen) atoms. The summed E-state index contributed by atoms with van der Waals surface area (Å²) in [6, 6.07) is 13.2. The van der Waals surface area contributed by atoms with Crippen molar-refractivity contribution >= 4 is 33.3 Å². The fourth-order valence-electron chi connectivity index (χ4n) is 4.54. The number of rotatable bonds is 4. The summed E-state index contributed by atoms with van der Waals surface area (Å²) in [7, 11) is 1.68. The highest BCUT2D eigenvalue weighted by molar-refractivity contribution is 9.10. The monoisotopic (exact) mass is 574 g/mol. The maximum absolute atomic E-state index is 14.0. The predicted molar refractivity (Wildman–Crippen MR) is 136 cm³/mol. The van der Waals surface area contributed by atoms with Crippen LogP contribution in [0.5, 0.6) is 0 Å². The molecule has 2 aromatic heterocycles. The molecule has 1 amide bonds. The fourth-order valence-corrected chi connectivity index (χ4v) is 4.80. The summed E-state index contributed by atoms with van der Waals surface area (Å²) in [6.45, 7) is 1.67. The molecule has 0 aliphatic carbocycles. The summed E-state index contributed by atoms with van der Waals surface area (Å²) in [5.41, 5.74) is 1.20. The Balaban J connectivity index is 1.51. The van der Waals surface area contributed by atoms with E-state index in [0.29, 0.717) is 16.9 Å². The highest BCUT2D eigenvalue weighted by atomic mass is 79.9. The number of halogens is 4. The number of hydrogen-bond donors (Lipinski definition) is 2. The van der Waals surface area contributed by atoms with Gasteiger partial charge >= 0.3 is 6.18 Å². The second-order valence-corrected chi connectivity index (χ2v) is 9.70. The number of benzene rings is 2. The van der Waals surface area contributed by atoms with Gasteiger partial charge in [0.05, 0.1) is 23.6 Å². The van der Waals surface area contributed by atoms with Crippen molar-refractivity contribution in [3.63, 3.8) is 0 Å². The number of aromatic nitrogens is 4. The third kappa shape index (κ3) is 4.45. The molecular formula is C25H22BrF3N6O2. The zero-order valence-electron chi connectivity index (χ0n) is 19.8. The number of amides is 1. The van der Waals surface area contributed by atoms with Gasteiger partial charge in [0.1, 0.15) is 17.1 Å². The van der Waals surface area contributed by atoms with Crippen molar-refractivity contribution in [1.82, 2.24) is 19.1 Å². The molecular weight excluding hydrogens is 553 g/mol. The van der Waals surface area contributed by atoms with Crippen molar-refractivity contribution in [3.8, 4) is 5.69 Å². The number of nitrogens with zero attached hydrogens (tertiary/aromatic N) is 4. The summed E-state index contributed by atoms with van der Waals surface area (Å²) in [5.74, 6) is -0.798. The van der Waals surface area contributed by atoms with E-state index in [0.717, 1.165) is 15.4 Å². The average Bonchev–Trinajstić information content (AvgIpc) is 3.38. The van der Waals surface area contributed by atoms with Gasteiger partial charge in [0.25, 0.3) is 11.5 Å². The summed E-state index contributed by atoms with van der Waals surface area (Å²) < 4.78 is 46.6. The van der Waals surface area contributed by atoms with Gasteiger partial charge in [-0.1, -0.05) is 46.3 Å². The molecule has 0 unspecified atom stereocenters. The Morgan fingerprint density at radius 1 is 1.14 bits per heavy atom. The number of anilines is 2. The van der Waals surface area contributed by atoms with Crippen LogP contribution in [0.1, 0.15) is 40.1 Å². The van der Waals surface area contributed by atoms with Crippen LogP contribution in [0.2, 0.25) is 0 Å². The molecule has 0 radical (unpaired) electrons. The lowest BCUT2D eigenvalue weighted by atomic mass is 9.96. The molecule has 4 aromatic rings. The minimum absolute atomic E-state index is 0.0314. The molecule has 3 heterocycles. The Hall–Kier alpha value is -3.80. The first-order valence-electron chi connectivity index (χ1n) is 11.4. The maximum atomic E-state index is 14.0. The summed E-state index contributed by atoms with van der Waals surface area (Å²) in [6.07, 6.45) is -3.78. The normalized spacial score (nSPS) is 17.2. The third-order valence-corrected chi connectivity index (χ3v) is 7.08. The molecule has 8 nitrogen and oxygen atoms in total. The molecule has 192 valence electrons. The predicted octanol–water partition coefficient (Wildman–Crippen LogP) is 5.36. The zero-order valence-corrected chi connectivity index (χ0v) is 21.3. The molecule has 0 bridgehead atoms. The molecule has 0 fully saturated rings. The van der Waals surface area contributed by atoms with E-state index in [-0.39, 0.29) is 23.5 Å². The molecule has 2 aromatic carbocycles. The van der Waals surface area contributed by atoms with Crippen molar-refractivity contribution in [1.29, 1.82) is 0 Å². The van der Waals surface area contributed by atoms with Crippen molar-refractivity contribution < 1.29 is 18.0 Å². The minimum Gasteiger partial charge on any atom is -0.363 e. The van der Waals surface area contributed by atoms with Gasteiger partial charge in [0.2, 0.25) is 0 Å². The first kappa shape index (κ1) is 24.9. The first-order valence-corrected chi connectivity index (χ1v) is 12.2.